The Morgan fingerprint density at radius 1 is 1.39 bits per heavy atom. The third-order valence-electron chi connectivity index (χ3n) is 4.51. The Balaban J connectivity index is 1.93. The van der Waals surface area contributed by atoms with Gasteiger partial charge in [0.1, 0.15) is 0 Å². The smallest absolute Gasteiger partial charge is 0.0902 e. The average molecular weight is 246 g/mol. The number of likely N-dealkylation sites (tertiary alicyclic amines) is 1. The zero-order chi connectivity index (χ0) is 12.8. The lowest BCUT2D eigenvalue weighted by Crippen LogP contribution is -2.22. The van der Waals surface area contributed by atoms with Gasteiger partial charge in [0.25, 0.3) is 0 Å². The van der Waals surface area contributed by atoms with Crippen molar-refractivity contribution in [3.8, 4) is 0 Å². The van der Waals surface area contributed by atoms with Crippen LogP contribution in [-0.4, -0.2) is 30.1 Å². The van der Waals surface area contributed by atoms with E-state index in [9.17, 15) is 5.11 Å². The summed E-state index contributed by atoms with van der Waals surface area (Å²) in [5, 5.41) is 10.4. The van der Waals surface area contributed by atoms with Crippen molar-refractivity contribution in [3.63, 3.8) is 0 Å². The molecule has 1 heterocycles. The maximum Gasteiger partial charge on any atom is 0.0902 e. The van der Waals surface area contributed by atoms with Crippen molar-refractivity contribution in [2.24, 2.45) is 11.7 Å². The number of aliphatic hydroxyl groups is 1. The average Bonchev–Trinajstić information content (AvgIpc) is 3.02. The molecule has 3 heteroatoms. The molecule has 1 saturated carbocycles. The number of hydrogen-bond acceptors (Lipinski definition) is 3. The van der Waals surface area contributed by atoms with Gasteiger partial charge in [0, 0.05) is 12.6 Å². The zero-order valence-corrected chi connectivity index (χ0v) is 11.0. The van der Waals surface area contributed by atoms with Gasteiger partial charge in [0.15, 0.2) is 0 Å². The van der Waals surface area contributed by atoms with E-state index < -0.39 is 5.60 Å². The van der Waals surface area contributed by atoms with Crippen molar-refractivity contribution in [3.05, 3.63) is 35.4 Å². The molecule has 0 radical (unpaired) electrons. The third kappa shape index (κ3) is 1.96. The van der Waals surface area contributed by atoms with Crippen LogP contribution in [0.4, 0.5) is 0 Å². The van der Waals surface area contributed by atoms with E-state index in [1.54, 1.807) is 0 Å². The Morgan fingerprint density at radius 3 is 2.72 bits per heavy atom. The molecule has 1 saturated heterocycles. The fourth-order valence-electron chi connectivity index (χ4n) is 3.24. The minimum Gasteiger partial charge on any atom is -0.385 e. The highest BCUT2D eigenvalue weighted by molar-refractivity contribution is 5.38. The van der Waals surface area contributed by atoms with Gasteiger partial charge in [-0.2, -0.15) is 0 Å². The molecule has 2 unspecified atom stereocenters. The first-order valence-electron chi connectivity index (χ1n) is 6.86. The standard InChI is InChI=1S/C15H22N2O/c1-17-10-11(9-16)8-14(17)12-4-2-3-5-13(12)15(18)6-7-15/h2-5,11,14,18H,6-10,16H2,1H3. The van der Waals surface area contributed by atoms with Crippen molar-refractivity contribution in [2.45, 2.75) is 30.9 Å². The first-order valence-corrected chi connectivity index (χ1v) is 6.86. The second-order valence-corrected chi connectivity index (χ2v) is 5.91. The molecule has 1 aromatic carbocycles. The Kier molecular flexibility index (Phi) is 2.93. The largest absolute Gasteiger partial charge is 0.385 e. The van der Waals surface area contributed by atoms with Gasteiger partial charge < -0.3 is 10.8 Å². The number of nitrogens with zero attached hydrogens (tertiary/aromatic N) is 1. The van der Waals surface area contributed by atoms with Gasteiger partial charge in [-0.3, -0.25) is 4.90 Å². The summed E-state index contributed by atoms with van der Waals surface area (Å²) >= 11 is 0. The molecule has 0 spiro atoms. The van der Waals surface area contributed by atoms with E-state index in [1.165, 1.54) is 5.56 Å². The van der Waals surface area contributed by atoms with Gasteiger partial charge in [0.2, 0.25) is 0 Å². The third-order valence-corrected chi connectivity index (χ3v) is 4.51. The van der Waals surface area contributed by atoms with E-state index in [0.717, 1.165) is 37.9 Å². The molecule has 2 fully saturated rings. The minimum atomic E-state index is -0.543. The van der Waals surface area contributed by atoms with Crippen LogP contribution in [0.15, 0.2) is 24.3 Å². The van der Waals surface area contributed by atoms with Gasteiger partial charge in [0.05, 0.1) is 5.60 Å². The SMILES string of the molecule is CN1CC(CN)CC1c1ccccc1C1(O)CC1. The van der Waals surface area contributed by atoms with Crippen molar-refractivity contribution in [1.82, 2.24) is 4.90 Å². The second-order valence-electron chi connectivity index (χ2n) is 5.91. The fraction of sp³-hybridized carbons (Fsp3) is 0.600. The van der Waals surface area contributed by atoms with Crippen LogP contribution < -0.4 is 5.73 Å². The van der Waals surface area contributed by atoms with Crippen molar-refractivity contribution in [2.75, 3.05) is 20.1 Å². The molecule has 98 valence electrons. The van der Waals surface area contributed by atoms with Crippen molar-refractivity contribution >= 4 is 0 Å². The minimum absolute atomic E-state index is 0.416. The van der Waals surface area contributed by atoms with Crippen LogP contribution in [0.2, 0.25) is 0 Å². The molecule has 18 heavy (non-hydrogen) atoms. The predicted octanol–water partition coefficient (Wildman–Crippen LogP) is 1.62. The summed E-state index contributed by atoms with van der Waals surface area (Å²) in [6, 6.07) is 8.79. The first kappa shape index (κ1) is 12.2. The van der Waals surface area contributed by atoms with Crippen LogP contribution >= 0.6 is 0 Å². The Labute approximate surface area is 109 Å². The molecule has 1 aromatic rings. The lowest BCUT2D eigenvalue weighted by Gasteiger charge is -2.24. The molecule has 1 aliphatic heterocycles. The van der Waals surface area contributed by atoms with Crippen molar-refractivity contribution in [1.29, 1.82) is 0 Å². The van der Waals surface area contributed by atoms with Gasteiger partial charge >= 0.3 is 0 Å². The van der Waals surface area contributed by atoms with Crippen LogP contribution in [0.5, 0.6) is 0 Å². The van der Waals surface area contributed by atoms with Crippen LogP contribution in [-0.2, 0) is 5.60 Å². The molecule has 0 bridgehead atoms. The second kappa shape index (κ2) is 4.34. The van der Waals surface area contributed by atoms with E-state index >= 15 is 0 Å². The summed E-state index contributed by atoms with van der Waals surface area (Å²) in [5.74, 6) is 0.585. The molecule has 3 rings (SSSR count). The van der Waals surface area contributed by atoms with E-state index in [1.807, 2.05) is 6.07 Å². The van der Waals surface area contributed by atoms with Gasteiger partial charge in [-0.1, -0.05) is 24.3 Å². The Morgan fingerprint density at radius 2 is 2.11 bits per heavy atom. The van der Waals surface area contributed by atoms with E-state index in [2.05, 4.69) is 30.1 Å². The quantitative estimate of drug-likeness (QED) is 0.852. The lowest BCUT2D eigenvalue weighted by atomic mass is 9.92. The maximum absolute atomic E-state index is 10.4. The highest BCUT2D eigenvalue weighted by Crippen LogP contribution is 2.49. The van der Waals surface area contributed by atoms with Gasteiger partial charge in [-0.05, 0) is 49.9 Å². The predicted molar refractivity (Wildman–Crippen MR) is 72.1 cm³/mol. The monoisotopic (exact) mass is 246 g/mol. The Bertz CT molecular complexity index is 442. The summed E-state index contributed by atoms with van der Waals surface area (Å²) < 4.78 is 0. The van der Waals surface area contributed by atoms with E-state index in [-0.39, 0.29) is 0 Å². The summed E-state index contributed by atoms with van der Waals surface area (Å²) in [5.41, 5.74) is 7.69. The summed E-state index contributed by atoms with van der Waals surface area (Å²) in [7, 11) is 2.16. The van der Waals surface area contributed by atoms with Crippen LogP contribution in [0.25, 0.3) is 0 Å². The maximum atomic E-state index is 10.4. The molecular weight excluding hydrogens is 224 g/mol. The van der Waals surface area contributed by atoms with E-state index in [0.29, 0.717) is 12.0 Å². The molecule has 2 atom stereocenters. The summed E-state index contributed by atoms with van der Waals surface area (Å²) in [6.45, 7) is 1.82. The van der Waals surface area contributed by atoms with E-state index in [4.69, 9.17) is 5.73 Å². The summed E-state index contributed by atoms with van der Waals surface area (Å²) in [4.78, 5) is 2.38. The number of hydrogen-bond donors (Lipinski definition) is 2. The topological polar surface area (TPSA) is 49.5 Å². The molecule has 0 amide bonds. The highest BCUT2D eigenvalue weighted by Gasteiger charge is 2.45. The molecule has 3 nitrogen and oxygen atoms in total. The molecule has 2 aliphatic rings. The molecule has 3 N–H and O–H groups in total. The van der Waals surface area contributed by atoms with Crippen LogP contribution in [0.3, 0.4) is 0 Å². The van der Waals surface area contributed by atoms with Gasteiger partial charge in [-0.15, -0.1) is 0 Å². The van der Waals surface area contributed by atoms with Crippen LogP contribution in [0.1, 0.15) is 36.4 Å². The van der Waals surface area contributed by atoms with Gasteiger partial charge in [-0.25, -0.2) is 0 Å². The lowest BCUT2D eigenvalue weighted by molar-refractivity contribution is 0.148. The number of nitrogens with two attached hydrogens (primary N) is 1. The molecule has 0 aromatic heterocycles. The summed E-state index contributed by atoms with van der Waals surface area (Å²) in [6.07, 6.45) is 2.92. The first-order chi connectivity index (χ1) is 8.64. The molecule has 1 aliphatic carbocycles. The zero-order valence-electron chi connectivity index (χ0n) is 11.0. The fourth-order valence-corrected chi connectivity index (χ4v) is 3.24. The van der Waals surface area contributed by atoms with Crippen LogP contribution in [0, 0.1) is 5.92 Å². The highest BCUT2D eigenvalue weighted by atomic mass is 16.3. The normalized spacial score (nSPS) is 30.6. The number of rotatable bonds is 3. The van der Waals surface area contributed by atoms with Crippen molar-refractivity contribution < 1.29 is 5.11 Å². The number of benzene rings is 1. The molecular formula is C15H22N2O. The Hall–Kier alpha value is -0.900.